The molecule has 3 saturated heterocycles. The predicted molar refractivity (Wildman–Crippen MR) is 103 cm³/mol. The third kappa shape index (κ3) is 4.44. The molecule has 4 rings (SSSR count). The number of methoxy groups -OCH3 is 1. The Morgan fingerprint density at radius 2 is 1.81 bits per heavy atom. The van der Waals surface area contributed by atoms with Crippen molar-refractivity contribution in [1.82, 2.24) is 0 Å². The Labute approximate surface area is 167 Å². The van der Waals surface area contributed by atoms with Gasteiger partial charge in [-0.15, -0.1) is 0 Å². The van der Waals surface area contributed by atoms with Crippen molar-refractivity contribution in [3.63, 3.8) is 0 Å². The van der Waals surface area contributed by atoms with Crippen LogP contribution >= 0.6 is 6.72 Å². The summed E-state index contributed by atoms with van der Waals surface area (Å²) >= 11 is 5.47. The van der Waals surface area contributed by atoms with Gasteiger partial charge in [0.15, 0.2) is 11.9 Å². The third-order valence-corrected chi connectivity index (χ3v) is 8.52. The lowest BCUT2D eigenvalue weighted by atomic mass is 9.65. The van der Waals surface area contributed by atoms with Crippen LogP contribution in [0.2, 0.25) is 0 Å². The fourth-order valence-electron chi connectivity index (χ4n) is 4.70. The van der Waals surface area contributed by atoms with E-state index in [0.717, 1.165) is 38.5 Å². The maximum Gasteiger partial charge on any atom is 0.327 e. The first-order valence-corrected chi connectivity index (χ1v) is 12.6. The van der Waals surface area contributed by atoms with E-state index in [0.29, 0.717) is 25.7 Å². The Morgan fingerprint density at radius 3 is 2.48 bits per heavy atom. The van der Waals surface area contributed by atoms with Crippen LogP contribution in [0.5, 0.6) is 0 Å². The second-order valence-electron chi connectivity index (χ2n) is 7.61. The standard InChI is InChI=1S/C18H33O7PS/c1-5-20-26(27,21-6-2)22-13-11-15-9-7-8-14-10-12-17(3)23-16(19-4)18(14,15)25-24-17/h14-16H,5-13H2,1-4H3/t14-,15+,16+,17+,18-/m1/s1. The highest BCUT2D eigenvalue weighted by Crippen LogP contribution is 2.56. The zero-order valence-electron chi connectivity index (χ0n) is 16.8. The lowest BCUT2D eigenvalue weighted by molar-refractivity contribution is -0.554. The van der Waals surface area contributed by atoms with Gasteiger partial charge in [-0.3, -0.25) is 0 Å². The molecule has 4 aliphatic rings. The molecule has 2 bridgehead atoms. The first-order chi connectivity index (χ1) is 12.9. The van der Waals surface area contributed by atoms with Gasteiger partial charge in [0, 0.05) is 13.5 Å². The van der Waals surface area contributed by atoms with E-state index in [2.05, 4.69) is 0 Å². The Bertz CT molecular complexity index is 540. The first kappa shape index (κ1) is 22.1. The average molecular weight is 424 g/mol. The summed E-state index contributed by atoms with van der Waals surface area (Å²) in [6, 6.07) is 0. The van der Waals surface area contributed by atoms with E-state index in [1.165, 1.54) is 0 Å². The van der Waals surface area contributed by atoms with Crippen LogP contribution in [-0.2, 0) is 44.6 Å². The maximum atomic E-state index is 6.19. The Kier molecular flexibility index (Phi) is 7.37. The van der Waals surface area contributed by atoms with Gasteiger partial charge in [-0.05, 0) is 70.1 Å². The molecule has 0 aromatic heterocycles. The molecule has 0 unspecified atom stereocenters. The van der Waals surface area contributed by atoms with Crippen LogP contribution in [0.1, 0.15) is 59.3 Å². The number of hydrogen-bond donors (Lipinski definition) is 0. The van der Waals surface area contributed by atoms with E-state index in [-0.39, 0.29) is 5.92 Å². The fourth-order valence-corrected chi connectivity index (χ4v) is 6.74. The summed E-state index contributed by atoms with van der Waals surface area (Å²) in [5, 5.41) is 0. The smallest absolute Gasteiger partial charge is 0.327 e. The van der Waals surface area contributed by atoms with E-state index in [9.17, 15) is 0 Å². The monoisotopic (exact) mass is 424 g/mol. The molecule has 0 aromatic rings. The van der Waals surface area contributed by atoms with Crippen LogP contribution in [0.15, 0.2) is 0 Å². The van der Waals surface area contributed by atoms with Gasteiger partial charge in [0.05, 0.1) is 19.8 Å². The van der Waals surface area contributed by atoms with E-state index in [1.54, 1.807) is 7.11 Å². The second kappa shape index (κ2) is 9.02. The van der Waals surface area contributed by atoms with Gasteiger partial charge in [-0.2, -0.15) is 0 Å². The van der Waals surface area contributed by atoms with Crippen molar-refractivity contribution < 1.29 is 32.8 Å². The number of hydrogen-bond acceptors (Lipinski definition) is 8. The first-order valence-electron chi connectivity index (χ1n) is 10.0. The highest BCUT2D eigenvalue weighted by atomic mass is 32.5. The molecule has 5 atom stereocenters. The molecule has 3 heterocycles. The minimum Gasteiger partial charge on any atom is -0.353 e. The molecule has 1 saturated carbocycles. The summed E-state index contributed by atoms with van der Waals surface area (Å²) < 4.78 is 29.0. The summed E-state index contributed by atoms with van der Waals surface area (Å²) in [6.07, 6.45) is 5.37. The molecule has 4 fully saturated rings. The molecule has 3 aliphatic heterocycles. The maximum absolute atomic E-state index is 6.19. The van der Waals surface area contributed by atoms with E-state index in [1.807, 2.05) is 20.8 Å². The van der Waals surface area contributed by atoms with Gasteiger partial charge in [-0.1, -0.05) is 6.42 Å². The quantitative estimate of drug-likeness (QED) is 0.401. The summed E-state index contributed by atoms with van der Waals surface area (Å²) in [5.41, 5.74) is -0.605. The van der Waals surface area contributed by atoms with E-state index < -0.39 is 24.4 Å². The molecule has 1 spiro atoms. The SMILES string of the molecule is CCOP(=S)(OCC)OCC[C@@H]1CCC[C@@H]2CC[C@]3(C)OO[C@]21[C@@H](OC)O3. The Balaban J connectivity index is 1.72. The van der Waals surface area contributed by atoms with Crippen LogP contribution in [0, 0.1) is 11.8 Å². The normalized spacial score (nSPS) is 39.2. The fraction of sp³-hybridized carbons (Fsp3) is 1.00. The molecule has 0 aromatic carbocycles. The molecule has 0 N–H and O–H groups in total. The molecule has 27 heavy (non-hydrogen) atoms. The van der Waals surface area contributed by atoms with Crippen molar-refractivity contribution in [2.24, 2.45) is 11.8 Å². The van der Waals surface area contributed by atoms with Gasteiger partial charge in [0.25, 0.3) is 0 Å². The lowest BCUT2D eigenvalue weighted by Crippen LogP contribution is -2.63. The van der Waals surface area contributed by atoms with E-state index in [4.69, 9.17) is 44.6 Å². The van der Waals surface area contributed by atoms with Crippen LogP contribution < -0.4 is 0 Å². The van der Waals surface area contributed by atoms with Gasteiger partial charge < -0.3 is 23.0 Å². The van der Waals surface area contributed by atoms with Gasteiger partial charge in [-0.25, -0.2) is 9.78 Å². The van der Waals surface area contributed by atoms with Gasteiger partial charge in [0.2, 0.25) is 5.79 Å². The van der Waals surface area contributed by atoms with Crippen LogP contribution in [-0.4, -0.2) is 44.6 Å². The van der Waals surface area contributed by atoms with Crippen LogP contribution in [0.3, 0.4) is 0 Å². The number of fused-ring (bicyclic) bond motifs is 3. The number of ether oxygens (including phenoxy) is 2. The molecule has 9 heteroatoms. The highest BCUT2D eigenvalue weighted by Gasteiger charge is 2.63. The van der Waals surface area contributed by atoms with Crippen molar-refractivity contribution in [2.75, 3.05) is 26.9 Å². The van der Waals surface area contributed by atoms with Crippen molar-refractivity contribution in [3.05, 3.63) is 0 Å². The largest absolute Gasteiger partial charge is 0.353 e. The highest BCUT2D eigenvalue weighted by molar-refractivity contribution is 8.07. The molecule has 0 amide bonds. The zero-order valence-corrected chi connectivity index (χ0v) is 18.5. The Hall–Kier alpha value is 0.370. The van der Waals surface area contributed by atoms with Crippen LogP contribution in [0.4, 0.5) is 0 Å². The Morgan fingerprint density at radius 1 is 1.07 bits per heavy atom. The minimum absolute atomic E-state index is 0.190. The van der Waals surface area contributed by atoms with Crippen molar-refractivity contribution in [1.29, 1.82) is 0 Å². The zero-order chi connectivity index (χ0) is 19.5. The number of rotatable bonds is 9. The van der Waals surface area contributed by atoms with Crippen molar-refractivity contribution in [3.8, 4) is 0 Å². The van der Waals surface area contributed by atoms with Gasteiger partial charge in [0.1, 0.15) is 0 Å². The molecule has 0 radical (unpaired) electrons. The second-order valence-corrected chi connectivity index (χ2v) is 10.6. The summed E-state index contributed by atoms with van der Waals surface area (Å²) in [5.74, 6) is -0.210. The van der Waals surface area contributed by atoms with Crippen molar-refractivity contribution >= 4 is 18.5 Å². The third-order valence-electron chi connectivity index (χ3n) is 5.92. The summed E-state index contributed by atoms with van der Waals surface area (Å²) in [6.45, 7) is 4.42. The average Bonchev–Trinajstić information content (AvgIpc) is 2.87. The van der Waals surface area contributed by atoms with E-state index >= 15 is 0 Å². The van der Waals surface area contributed by atoms with Crippen molar-refractivity contribution in [2.45, 2.75) is 77.0 Å². The summed E-state index contributed by atoms with van der Waals surface area (Å²) in [7, 11) is 1.68. The molecular weight excluding hydrogens is 391 g/mol. The molecular formula is C18H33O7PS. The summed E-state index contributed by atoms with van der Waals surface area (Å²) in [4.78, 5) is 11.8. The molecule has 1 aliphatic carbocycles. The lowest BCUT2D eigenvalue weighted by Gasteiger charge is -2.53. The minimum atomic E-state index is -2.69. The van der Waals surface area contributed by atoms with Gasteiger partial charge >= 0.3 is 6.72 Å². The predicted octanol–water partition coefficient (Wildman–Crippen LogP) is 4.31. The molecule has 7 nitrogen and oxygen atoms in total. The van der Waals surface area contributed by atoms with Crippen LogP contribution in [0.25, 0.3) is 0 Å². The molecule has 158 valence electrons. The topological polar surface area (TPSA) is 64.6 Å².